The summed E-state index contributed by atoms with van der Waals surface area (Å²) in [6, 6.07) is 4.54. The Morgan fingerprint density at radius 1 is 1.37 bits per heavy atom. The van der Waals surface area contributed by atoms with Gasteiger partial charge in [-0.2, -0.15) is 0 Å². The highest BCUT2D eigenvalue weighted by molar-refractivity contribution is 5.77. The van der Waals surface area contributed by atoms with E-state index in [1.54, 1.807) is 6.07 Å². The van der Waals surface area contributed by atoms with E-state index in [-0.39, 0.29) is 17.6 Å². The SMILES string of the molecule is NNc1cc(NC2CCC(=O)NC2)cc([N+](=O)[O-])c1. The molecule has 0 saturated carbocycles. The molecule has 1 aromatic rings. The smallest absolute Gasteiger partial charge is 0.273 e. The van der Waals surface area contributed by atoms with Crippen molar-refractivity contribution in [2.24, 2.45) is 5.84 Å². The van der Waals surface area contributed by atoms with E-state index in [1.165, 1.54) is 12.1 Å². The monoisotopic (exact) mass is 265 g/mol. The topological polar surface area (TPSA) is 122 Å². The van der Waals surface area contributed by atoms with Crippen molar-refractivity contribution in [1.82, 2.24) is 5.32 Å². The Labute approximate surface area is 109 Å². The first kappa shape index (κ1) is 13.1. The molecule has 0 aromatic heterocycles. The molecular weight excluding hydrogens is 250 g/mol. The number of benzene rings is 1. The number of nitro groups is 1. The van der Waals surface area contributed by atoms with Gasteiger partial charge in [-0.3, -0.25) is 20.8 Å². The van der Waals surface area contributed by atoms with Crippen LogP contribution in [-0.4, -0.2) is 23.4 Å². The minimum Gasteiger partial charge on any atom is -0.380 e. The fraction of sp³-hybridized carbons (Fsp3) is 0.364. The number of carbonyl (C=O) groups excluding carboxylic acids is 1. The van der Waals surface area contributed by atoms with Crippen molar-refractivity contribution in [2.45, 2.75) is 18.9 Å². The minimum absolute atomic E-state index is 0.0291. The van der Waals surface area contributed by atoms with Crippen molar-refractivity contribution in [1.29, 1.82) is 0 Å². The molecule has 1 fully saturated rings. The Bertz CT molecular complexity index is 495. The summed E-state index contributed by atoms with van der Waals surface area (Å²) in [5.41, 5.74) is 3.40. The molecule has 5 N–H and O–H groups in total. The van der Waals surface area contributed by atoms with Gasteiger partial charge in [-0.15, -0.1) is 0 Å². The summed E-state index contributed by atoms with van der Waals surface area (Å²) in [5.74, 6) is 5.31. The molecule has 1 unspecified atom stereocenters. The van der Waals surface area contributed by atoms with Crippen LogP contribution < -0.4 is 21.9 Å². The van der Waals surface area contributed by atoms with Crippen LogP contribution in [0.3, 0.4) is 0 Å². The van der Waals surface area contributed by atoms with E-state index >= 15 is 0 Å². The molecule has 2 rings (SSSR count). The third-order valence-electron chi connectivity index (χ3n) is 2.93. The number of nitro benzene ring substituents is 1. The van der Waals surface area contributed by atoms with Crippen molar-refractivity contribution in [3.05, 3.63) is 28.3 Å². The molecule has 102 valence electrons. The van der Waals surface area contributed by atoms with E-state index in [2.05, 4.69) is 16.1 Å². The molecule has 1 aliphatic rings. The quantitative estimate of drug-likeness (QED) is 0.358. The van der Waals surface area contributed by atoms with Crippen molar-refractivity contribution in [3.8, 4) is 0 Å². The number of rotatable bonds is 4. The maximum atomic E-state index is 11.1. The second kappa shape index (κ2) is 5.53. The number of nitrogen functional groups attached to an aromatic ring is 1. The van der Waals surface area contributed by atoms with Crippen LogP contribution in [0.2, 0.25) is 0 Å². The zero-order valence-electron chi connectivity index (χ0n) is 10.2. The largest absolute Gasteiger partial charge is 0.380 e. The van der Waals surface area contributed by atoms with Gasteiger partial charge in [0.1, 0.15) is 0 Å². The van der Waals surface area contributed by atoms with Gasteiger partial charge >= 0.3 is 0 Å². The lowest BCUT2D eigenvalue weighted by molar-refractivity contribution is -0.384. The number of hydrogen-bond donors (Lipinski definition) is 4. The van der Waals surface area contributed by atoms with Crippen LogP contribution in [-0.2, 0) is 4.79 Å². The average Bonchev–Trinajstić information content (AvgIpc) is 2.41. The zero-order chi connectivity index (χ0) is 13.8. The van der Waals surface area contributed by atoms with Crippen LogP contribution in [0.25, 0.3) is 0 Å². The predicted octanol–water partition coefficient (Wildman–Crippen LogP) is 0.571. The molecular formula is C11H15N5O3. The summed E-state index contributed by atoms with van der Waals surface area (Å²) >= 11 is 0. The molecule has 1 atom stereocenters. The molecule has 1 heterocycles. The molecule has 1 aromatic carbocycles. The van der Waals surface area contributed by atoms with E-state index < -0.39 is 4.92 Å². The van der Waals surface area contributed by atoms with Crippen molar-refractivity contribution in [3.63, 3.8) is 0 Å². The van der Waals surface area contributed by atoms with Crippen molar-refractivity contribution >= 4 is 23.0 Å². The molecule has 0 bridgehead atoms. The Kier molecular flexibility index (Phi) is 3.81. The normalized spacial score (nSPS) is 18.6. The van der Waals surface area contributed by atoms with Gasteiger partial charge in [-0.05, 0) is 12.5 Å². The number of hydrogen-bond acceptors (Lipinski definition) is 6. The summed E-state index contributed by atoms with van der Waals surface area (Å²) in [5, 5.41) is 16.7. The van der Waals surface area contributed by atoms with Gasteiger partial charge in [-0.25, -0.2) is 0 Å². The van der Waals surface area contributed by atoms with Crippen LogP contribution in [0.4, 0.5) is 17.1 Å². The third-order valence-corrected chi connectivity index (χ3v) is 2.93. The lowest BCUT2D eigenvalue weighted by Crippen LogP contribution is -2.41. The summed E-state index contributed by atoms with van der Waals surface area (Å²) in [6.07, 6.45) is 1.15. The van der Waals surface area contributed by atoms with Crippen LogP contribution in [0.15, 0.2) is 18.2 Å². The summed E-state index contributed by atoms with van der Waals surface area (Å²) in [4.78, 5) is 21.4. The molecule has 1 saturated heterocycles. The van der Waals surface area contributed by atoms with Crippen molar-refractivity contribution in [2.75, 3.05) is 17.3 Å². The fourth-order valence-corrected chi connectivity index (χ4v) is 1.97. The number of carbonyl (C=O) groups is 1. The van der Waals surface area contributed by atoms with Gasteiger partial charge in [-0.1, -0.05) is 0 Å². The maximum Gasteiger partial charge on any atom is 0.273 e. The molecule has 19 heavy (non-hydrogen) atoms. The third kappa shape index (κ3) is 3.32. The Balaban J connectivity index is 2.12. The minimum atomic E-state index is -0.478. The van der Waals surface area contributed by atoms with Gasteiger partial charge in [0.2, 0.25) is 5.91 Å². The zero-order valence-corrected chi connectivity index (χ0v) is 10.2. The van der Waals surface area contributed by atoms with Gasteiger partial charge in [0, 0.05) is 36.8 Å². The molecule has 8 heteroatoms. The number of nitrogens with zero attached hydrogens (tertiary/aromatic N) is 1. The lowest BCUT2D eigenvalue weighted by Gasteiger charge is -2.24. The molecule has 1 amide bonds. The first-order valence-electron chi connectivity index (χ1n) is 5.88. The number of amides is 1. The summed E-state index contributed by atoms with van der Waals surface area (Å²) in [7, 11) is 0. The maximum absolute atomic E-state index is 11.1. The van der Waals surface area contributed by atoms with E-state index in [4.69, 9.17) is 5.84 Å². The second-order valence-corrected chi connectivity index (χ2v) is 4.35. The fourth-order valence-electron chi connectivity index (χ4n) is 1.97. The van der Waals surface area contributed by atoms with Crippen LogP contribution in [0, 0.1) is 10.1 Å². The highest BCUT2D eigenvalue weighted by atomic mass is 16.6. The number of non-ortho nitro benzene ring substituents is 1. The highest BCUT2D eigenvalue weighted by Gasteiger charge is 2.18. The summed E-state index contributed by atoms with van der Waals surface area (Å²) < 4.78 is 0. The lowest BCUT2D eigenvalue weighted by atomic mass is 10.1. The standard InChI is InChI=1S/C11H15N5O3/c12-15-9-3-8(4-10(5-9)16(18)19)14-7-1-2-11(17)13-6-7/h3-5,7,14-15H,1-2,6,12H2,(H,13,17). The number of nitrogens with one attached hydrogen (secondary N) is 3. The Morgan fingerprint density at radius 2 is 2.11 bits per heavy atom. The van der Waals surface area contributed by atoms with E-state index in [0.717, 1.165) is 0 Å². The number of nitrogens with two attached hydrogens (primary N) is 1. The second-order valence-electron chi connectivity index (χ2n) is 4.35. The Morgan fingerprint density at radius 3 is 2.68 bits per heavy atom. The van der Waals surface area contributed by atoms with Gasteiger partial charge < -0.3 is 16.1 Å². The first-order chi connectivity index (χ1) is 9.08. The van der Waals surface area contributed by atoms with Crippen LogP contribution in [0.1, 0.15) is 12.8 Å². The average molecular weight is 265 g/mol. The predicted molar refractivity (Wildman–Crippen MR) is 70.6 cm³/mol. The number of anilines is 2. The Hall–Kier alpha value is -2.35. The number of piperidine rings is 1. The van der Waals surface area contributed by atoms with Gasteiger partial charge in [0.05, 0.1) is 10.6 Å². The molecule has 0 aliphatic carbocycles. The van der Waals surface area contributed by atoms with E-state index in [9.17, 15) is 14.9 Å². The van der Waals surface area contributed by atoms with Gasteiger partial charge in [0.25, 0.3) is 5.69 Å². The van der Waals surface area contributed by atoms with E-state index in [0.29, 0.717) is 30.8 Å². The van der Waals surface area contributed by atoms with Crippen molar-refractivity contribution < 1.29 is 9.72 Å². The van der Waals surface area contributed by atoms with Crippen LogP contribution >= 0.6 is 0 Å². The van der Waals surface area contributed by atoms with E-state index in [1.807, 2.05) is 0 Å². The first-order valence-corrected chi connectivity index (χ1v) is 5.88. The van der Waals surface area contributed by atoms with Gasteiger partial charge in [0.15, 0.2) is 0 Å². The molecule has 0 radical (unpaired) electrons. The highest BCUT2D eigenvalue weighted by Crippen LogP contribution is 2.25. The molecule has 1 aliphatic heterocycles. The van der Waals surface area contributed by atoms with Crippen LogP contribution in [0.5, 0.6) is 0 Å². The number of hydrazine groups is 1. The molecule has 0 spiro atoms. The summed E-state index contributed by atoms with van der Waals surface area (Å²) in [6.45, 7) is 0.507. The molecule has 8 nitrogen and oxygen atoms in total.